The summed E-state index contributed by atoms with van der Waals surface area (Å²) < 4.78 is 25.9. The van der Waals surface area contributed by atoms with Crippen molar-refractivity contribution in [3.05, 3.63) is 35.9 Å². The van der Waals surface area contributed by atoms with Crippen LogP contribution in [0.4, 0.5) is 0 Å². The molecule has 102 valence electrons. The first-order valence-electron chi connectivity index (χ1n) is 5.71. The van der Waals surface area contributed by atoms with E-state index in [1.165, 1.54) is 5.56 Å². The number of aliphatic hydroxyl groups is 1. The lowest BCUT2D eigenvalue weighted by Crippen LogP contribution is -2.21. The molecule has 1 aliphatic heterocycles. The first-order valence-corrected chi connectivity index (χ1v) is 7.56. The van der Waals surface area contributed by atoms with Crippen LogP contribution in [-0.2, 0) is 16.7 Å². The summed E-state index contributed by atoms with van der Waals surface area (Å²) in [6.07, 6.45) is 1.53. The lowest BCUT2D eigenvalue weighted by atomic mass is 10.2. The van der Waals surface area contributed by atoms with Gasteiger partial charge in [0.15, 0.2) is 0 Å². The van der Waals surface area contributed by atoms with Crippen LogP contribution < -0.4 is 0 Å². The molecule has 2 rings (SSSR count). The van der Waals surface area contributed by atoms with Crippen LogP contribution >= 0.6 is 0 Å². The van der Waals surface area contributed by atoms with Gasteiger partial charge in [-0.3, -0.25) is 9.45 Å². The molecule has 1 aliphatic rings. The van der Waals surface area contributed by atoms with Crippen LogP contribution in [0.25, 0.3) is 0 Å². The summed E-state index contributed by atoms with van der Waals surface area (Å²) in [5, 5.41) is 9.34. The van der Waals surface area contributed by atoms with Crippen LogP contribution in [0.3, 0.4) is 0 Å². The number of benzene rings is 1. The minimum Gasteiger partial charge on any atom is -0.392 e. The molecular formula is C12H19NO4S. The van der Waals surface area contributed by atoms with Gasteiger partial charge in [0, 0.05) is 19.6 Å². The molecule has 0 saturated carbocycles. The molecule has 5 nitrogen and oxygen atoms in total. The summed E-state index contributed by atoms with van der Waals surface area (Å²) in [6.45, 7) is 2.82. The Balaban J connectivity index is 0.000000280. The van der Waals surface area contributed by atoms with Crippen molar-refractivity contribution in [2.75, 3.05) is 19.3 Å². The fourth-order valence-corrected chi connectivity index (χ4v) is 1.80. The lowest BCUT2D eigenvalue weighted by molar-refractivity contribution is 0.175. The minimum atomic E-state index is -3.67. The molecule has 1 saturated heterocycles. The summed E-state index contributed by atoms with van der Waals surface area (Å²) in [5.41, 5.74) is 1.33. The number of likely N-dealkylation sites (tertiary alicyclic amines) is 1. The van der Waals surface area contributed by atoms with Gasteiger partial charge in [-0.25, -0.2) is 0 Å². The van der Waals surface area contributed by atoms with Gasteiger partial charge in [0.1, 0.15) is 0 Å². The summed E-state index contributed by atoms with van der Waals surface area (Å²) in [4.78, 5) is 2.29. The topological polar surface area (TPSA) is 77.8 Å². The third-order valence-electron chi connectivity index (χ3n) is 2.50. The zero-order valence-corrected chi connectivity index (χ0v) is 11.2. The normalized spacial score (nSPS) is 20.3. The van der Waals surface area contributed by atoms with Crippen molar-refractivity contribution in [2.45, 2.75) is 19.1 Å². The number of hydrogen-bond donors (Lipinski definition) is 2. The molecular weight excluding hydrogens is 254 g/mol. The Morgan fingerprint density at radius 1 is 1.33 bits per heavy atom. The second-order valence-corrected chi connectivity index (χ2v) is 5.86. The summed E-state index contributed by atoms with van der Waals surface area (Å²) in [5.74, 6) is 0. The minimum absolute atomic E-state index is 0.108. The molecule has 0 aromatic heterocycles. The highest BCUT2D eigenvalue weighted by atomic mass is 32.2. The van der Waals surface area contributed by atoms with Gasteiger partial charge < -0.3 is 5.11 Å². The van der Waals surface area contributed by atoms with E-state index in [-0.39, 0.29) is 6.10 Å². The van der Waals surface area contributed by atoms with Crippen molar-refractivity contribution in [3.8, 4) is 0 Å². The van der Waals surface area contributed by atoms with Gasteiger partial charge in [0.05, 0.1) is 12.4 Å². The standard InChI is InChI=1S/C11H15NO.CH4O3S/c13-11-6-7-12(9-11)8-10-4-2-1-3-5-10;1-5(2,3)4/h1-5,11,13H,6-9H2;1H3,(H,2,3,4)/t11-;/m0./s1. The molecule has 1 fully saturated rings. The lowest BCUT2D eigenvalue weighted by Gasteiger charge is -2.14. The van der Waals surface area contributed by atoms with Gasteiger partial charge in [-0.15, -0.1) is 0 Å². The monoisotopic (exact) mass is 273 g/mol. The van der Waals surface area contributed by atoms with E-state index < -0.39 is 10.1 Å². The van der Waals surface area contributed by atoms with Crippen molar-refractivity contribution >= 4 is 10.1 Å². The first kappa shape index (κ1) is 15.1. The Kier molecular flexibility index (Phi) is 5.74. The maximum atomic E-state index is 9.34. The van der Waals surface area contributed by atoms with E-state index in [9.17, 15) is 13.5 Å². The molecule has 2 N–H and O–H groups in total. The van der Waals surface area contributed by atoms with Crippen LogP contribution in [-0.4, -0.2) is 48.4 Å². The molecule has 1 aromatic rings. The number of β-amino-alcohol motifs (C(OH)–C–C–N with tert-alkyl or cyclic N) is 1. The van der Waals surface area contributed by atoms with Crippen molar-refractivity contribution in [1.82, 2.24) is 4.90 Å². The maximum Gasteiger partial charge on any atom is 0.261 e. The molecule has 6 heteroatoms. The molecule has 0 bridgehead atoms. The molecule has 0 unspecified atom stereocenters. The number of rotatable bonds is 2. The Morgan fingerprint density at radius 3 is 2.33 bits per heavy atom. The Bertz CT molecular complexity index is 438. The third-order valence-corrected chi connectivity index (χ3v) is 2.50. The van der Waals surface area contributed by atoms with Crippen LogP contribution in [0.2, 0.25) is 0 Å². The zero-order chi connectivity index (χ0) is 13.6. The van der Waals surface area contributed by atoms with E-state index in [2.05, 4.69) is 29.2 Å². The second kappa shape index (κ2) is 6.84. The molecule has 0 spiro atoms. The fourth-order valence-electron chi connectivity index (χ4n) is 1.80. The van der Waals surface area contributed by atoms with Crippen molar-refractivity contribution in [1.29, 1.82) is 0 Å². The van der Waals surface area contributed by atoms with Gasteiger partial charge in [-0.1, -0.05) is 30.3 Å². The average molecular weight is 273 g/mol. The quantitative estimate of drug-likeness (QED) is 0.778. The van der Waals surface area contributed by atoms with Gasteiger partial charge in [0.25, 0.3) is 10.1 Å². The van der Waals surface area contributed by atoms with Crippen LogP contribution in [0.15, 0.2) is 30.3 Å². The van der Waals surface area contributed by atoms with E-state index in [0.717, 1.165) is 26.1 Å². The number of aliphatic hydroxyl groups excluding tert-OH is 1. The molecule has 0 aliphatic carbocycles. The van der Waals surface area contributed by atoms with E-state index >= 15 is 0 Å². The van der Waals surface area contributed by atoms with Crippen molar-refractivity contribution in [2.24, 2.45) is 0 Å². The molecule has 1 atom stereocenters. The smallest absolute Gasteiger partial charge is 0.261 e. The number of hydrogen-bond acceptors (Lipinski definition) is 4. The molecule has 1 aromatic carbocycles. The van der Waals surface area contributed by atoms with Crippen LogP contribution in [0.5, 0.6) is 0 Å². The van der Waals surface area contributed by atoms with Gasteiger partial charge in [-0.2, -0.15) is 8.42 Å². The average Bonchev–Trinajstić information content (AvgIpc) is 2.63. The molecule has 1 heterocycles. The zero-order valence-electron chi connectivity index (χ0n) is 10.4. The Morgan fingerprint density at radius 2 is 1.89 bits per heavy atom. The van der Waals surface area contributed by atoms with Gasteiger partial charge in [0.2, 0.25) is 0 Å². The highest BCUT2D eigenvalue weighted by Gasteiger charge is 2.19. The Labute approximate surface area is 108 Å². The first-order chi connectivity index (χ1) is 8.34. The summed E-state index contributed by atoms with van der Waals surface area (Å²) >= 11 is 0. The largest absolute Gasteiger partial charge is 0.392 e. The van der Waals surface area contributed by atoms with E-state index in [1.807, 2.05) is 6.07 Å². The van der Waals surface area contributed by atoms with Gasteiger partial charge in [-0.05, 0) is 12.0 Å². The highest BCUT2D eigenvalue weighted by molar-refractivity contribution is 7.85. The predicted molar refractivity (Wildman–Crippen MR) is 69.8 cm³/mol. The predicted octanol–water partition coefficient (Wildman–Crippen LogP) is 0.757. The fraction of sp³-hybridized carbons (Fsp3) is 0.500. The van der Waals surface area contributed by atoms with Crippen molar-refractivity contribution in [3.63, 3.8) is 0 Å². The summed E-state index contributed by atoms with van der Waals surface area (Å²) in [7, 11) is -3.67. The highest BCUT2D eigenvalue weighted by Crippen LogP contribution is 2.12. The molecule has 0 radical (unpaired) electrons. The van der Waals surface area contributed by atoms with E-state index in [0.29, 0.717) is 6.26 Å². The van der Waals surface area contributed by atoms with Crippen LogP contribution in [0.1, 0.15) is 12.0 Å². The van der Waals surface area contributed by atoms with Crippen LogP contribution in [0, 0.1) is 0 Å². The van der Waals surface area contributed by atoms with E-state index in [4.69, 9.17) is 4.55 Å². The van der Waals surface area contributed by atoms with E-state index in [1.54, 1.807) is 0 Å². The number of nitrogens with zero attached hydrogens (tertiary/aromatic N) is 1. The summed E-state index contributed by atoms with van der Waals surface area (Å²) in [6, 6.07) is 10.4. The SMILES string of the molecule is CS(=O)(=O)O.O[C@H]1CCN(Cc2ccccc2)C1. The molecule has 18 heavy (non-hydrogen) atoms. The Hall–Kier alpha value is -0.950. The third kappa shape index (κ3) is 7.39. The molecule has 0 amide bonds. The van der Waals surface area contributed by atoms with Gasteiger partial charge >= 0.3 is 0 Å². The van der Waals surface area contributed by atoms with Crippen molar-refractivity contribution < 1.29 is 18.1 Å². The maximum absolute atomic E-state index is 9.34. The second-order valence-electron chi connectivity index (χ2n) is 4.40.